The van der Waals surface area contributed by atoms with E-state index >= 15 is 0 Å². The van der Waals surface area contributed by atoms with Crippen molar-refractivity contribution in [3.8, 4) is 5.75 Å². The molecule has 0 aromatic heterocycles. The Morgan fingerprint density at radius 2 is 1.86 bits per heavy atom. The number of nitrogens with one attached hydrogen (secondary N) is 1. The Bertz CT molecular complexity index is 832. The largest absolute Gasteiger partial charge is 0.573 e. The zero-order valence-corrected chi connectivity index (χ0v) is 16.8. The molecular weight excluding hydrogens is 524 g/mol. The van der Waals surface area contributed by atoms with Crippen molar-refractivity contribution in [3.63, 3.8) is 0 Å². The topological polar surface area (TPSA) is 122 Å². The lowest BCUT2D eigenvalue weighted by atomic mass is 10.1. The third-order valence-electron chi connectivity index (χ3n) is 3.62. The predicted molar refractivity (Wildman–Crippen MR) is 94.7 cm³/mol. The van der Waals surface area contributed by atoms with Crippen LogP contribution in [0.4, 0.5) is 13.2 Å². The fraction of sp³-hybridized carbons (Fsp3) is 0.429. The number of hydrogen-bond donors (Lipinski definition) is 2. The first-order valence-corrected chi connectivity index (χ1v) is 10.3. The number of carboxylic acid groups (broad SMARTS) is 1. The number of amides is 1. The van der Waals surface area contributed by atoms with Gasteiger partial charge in [-0.1, -0.05) is 22.6 Å². The monoisotopic (exact) mass is 538 g/mol. The molecule has 2 rings (SSSR count). The van der Waals surface area contributed by atoms with E-state index in [-0.39, 0.29) is 24.3 Å². The number of nitrogens with zero attached hydrogens (tertiary/aromatic N) is 1. The number of benzene rings is 1. The van der Waals surface area contributed by atoms with Gasteiger partial charge in [0.1, 0.15) is 5.75 Å². The zero-order valence-electron chi connectivity index (χ0n) is 13.8. The second kappa shape index (κ2) is 8.79. The van der Waals surface area contributed by atoms with Crippen molar-refractivity contribution in [1.29, 1.82) is 0 Å². The summed E-state index contributed by atoms with van der Waals surface area (Å²) < 4.78 is 66.3. The first kappa shape index (κ1) is 22.6. The van der Waals surface area contributed by atoms with Gasteiger partial charge in [0.2, 0.25) is 10.0 Å². The molecule has 2 atom stereocenters. The first-order chi connectivity index (χ1) is 12.9. The summed E-state index contributed by atoms with van der Waals surface area (Å²) in [6, 6.07) is 3.82. The first-order valence-electron chi connectivity index (χ1n) is 7.61. The van der Waals surface area contributed by atoms with E-state index in [0.717, 1.165) is 28.6 Å². The summed E-state index contributed by atoms with van der Waals surface area (Å²) in [7, 11) is -3.99. The van der Waals surface area contributed by atoms with Crippen molar-refractivity contribution in [1.82, 2.24) is 9.79 Å². The second-order valence-corrected chi connectivity index (χ2v) is 8.90. The fourth-order valence-electron chi connectivity index (χ4n) is 2.37. The summed E-state index contributed by atoms with van der Waals surface area (Å²) in [6.07, 6.45) is -5.15. The third-order valence-corrected chi connectivity index (χ3v) is 7.10. The zero-order chi connectivity index (χ0) is 21.1. The van der Waals surface area contributed by atoms with Gasteiger partial charge in [0.25, 0.3) is 0 Å². The Morgan fingerprint density at radius 3 is 2.36 bits per heavy atom. The molecule has 0 spiro atoms. The lowest BCUT2D eigenvalue weighted by Gasteiger charge is -2.35. The van der Waals surface area contributed by atoms with Crippen molar-refractivity contribution in [3.05, 3.63) is 24.3 Å². The molecule has 14 heteroatoms. The molecule has 1 aliphatic heterocycles. The normalized spacial score (nSPS) is 21.1. The molecule has 1 fully saturated rings. The van der Waals surface area contributed by atoms with Gasteiger partial charge in [0.05, 0.1) is 15.0 Å². The van der Waals surface area contributed by atoms with E-state index in [2.05, 4.69) is 4.74 Å². The number of ether oxygens (including phenoxy) is 1. The van der Waals surface area contributed by atoms with Gasteiger partial charge in [-0.3, -0.25) is 9.63 Å². The standard InChI is InChI=1S/C14H14F3IN2O7S/c15-14(16,17)26-8-1-3-10(4-2-8)28(24,25)20-6-5-9(7-11(20)18)27-19-12(21)13(22)23/h1-4,9,11H,5-7H2,(H,19,21)(H,22,23). The molecule has 9 nitrogen and oxygen atoms in total. The van der Waals surface area contributed by atoms with Crippen LogP contribution < -0.4 is 10.2 Å². The van der Waals surface area contributed by atoms with Crippen LogP contribution in [-0.2, 0) is 24.4 Å². The van der Waals surface area contributed by atoms with Gasteiger partial charge < -0.3 is 9.84 Å². The third kappa shape index (κ3) is 5.92. The second-order valence-electron chi connectivity index (χ2n) is 5.57. The lowest BCUT2D eigenvalue weighted by Crippen LogP contribution is -2.47. The molecule has 1 aromatic carbocycles. The number of sulfonamides is 1. The van der Waals surface area contributed by atoms with Crippen LogP contribution >= 0.6 is 22.6 Å². The van der Waals surface area contributed by atoms with E-state index < -0.39 is 44.2 Å². The number of halogens is 4. The average molecular weight is 538 g/mol. The fourth-order valence-corrected chi connectivity index (χ4v) is 5.60. The van der Waals surface area contributed by atoms with Gasteiger partial charge in [-0.2, -0.15) is 4.31 Å². The minimum absolute atomic E-state index is 0.00432. The van der Waals surface area contributed by atoms with E-state index in [1.54, 1.807) is 5.48 Å². The number of alkyl halides is 4. The van der Waals surface area contributed by atoms with Crippen LogP contribution in [0.1, 0.15) is 12.8 Å². The smallest absolute Gasteiger partial charge is 0.474 e. The molecule has 0 saturated carbocycles. The number of hydrogen-bond acceptors (Lipinski definition) is 6. The number of hydroxylamine groups is 1. The van der Waals surface area contributed by atoms with E-state index in [0.29, 0.717) is 0 Å². The molecule has 28 heavy (non-hydrogen) atoms. The van der Waals surface area contributed by atoms with E-state index in [1.807, 2.05) is 22.6 Å². The molecule has 1 amide bonds. The number of carbonyl (C=O) groups excluding carboxylic acids is 1. The van der Waals surface area contributed by atoms with Crippen molar-refractivity contribution in [2.24, 2.45) is 0 Å². The number of carboxylic acids is 1. The van der Waals surface area contributed by atoms with E-state index in [1.165, 1.54) is 0 Å². The molecule has 1 heterocycles. The Hall–Kier alpha value is -1.65. The maximum atomic E-state index is 12.7. The minimum Gasteiger partial charge on any atom is -0.474 e. The summed E-state index contributed by atoms with van der Waals surface area (Å²) in [5.41, 5.74) is 1.77. The molecule has 1 aromatic rings. The lowest BCUT2D eigenvalue weighted by molar-refractivity contribution is -0.274. The summed E-state index contributed by atoms with van der Waals surface area (Å²) in [4.78, 5) is 26.2. The van der Waals surface area contributed by atoms with Crippen LogP contribution in [0.15, 0.2) is 29.2 Å². The maximum Gasteiger partial charge on any atom is 0.573 e. The molecule has 156 valence electrons. The molecule has 0 bridgehead atoms. The van der Waals surface area contributed by atoms with E-state index in [9.17, 15) is 31.2 Å². The molecular formula is C14H14F3IN2O7S. The molecule has 2 unspecified atom stereocenters. The quantitative estimate of drug-likeness (QED) is 0.192. The van der Waals surface area contributed by atoms with Crippen LogP contribution in [0.25, 0.3) is 0 Å². The highest BCUT2D eigenvalue weighted by Gasteiger charge is 2.37. The Labute approximate surface area is 170 Å². The SMILES string of the molecule is O=C(O)C(=O)NOC1CCN(S(=O)(=O)c2ccc(OC(F)(F)F)cc2)C(I)C1. The van der Waals surface area contributed by atoms with Gasteiger partial charge in [-0.05, 0) is 30.7 Å². The van der Waals surface area contributed by atoms with Gasteiger partial charge in [-0.15, -0.1) is 13.2 Å². The minimum atomic E-state index is -4.88. The van der Waals surface area contributed by atoms with Crippen molar-refractivity contribution >= 4 is 44.5 Å². The number of piperidine rings is 1. The molecule has 0 aliphatic carbocycles. The van der Waals surface area contributed by atoms with Crippen molar-refractivity contribution < 1.29 is 45.9 Å². The van der Waals surface area contributed by atoms with E-state index in [4.69, 9.17) is 9.94 Å². The highest BCUT2D eigenvalue weighted by molar-refractivity contribution is 14.1. The van der Waals surface area contributed by atoms with Crippen LogP contribution in [0.2, 0.25) is 0 Å². The molecule has 1 aliphatic rings. The summed E-state index contributed by atoms with van der Waals surface area (Å²) >= 11 is 1.85. The van der Waals surface area contributed by atoms with Gasteiger partial charge in [-0.25, -0.2) is 18.7 Å². The Morgan fingerprint density at radius 1 is 1.25 bits per heavy atom. The van der Waals surface area contributed by atoms with Crippen molar-refractivity contribution in [2.75, 3.05) is 6.54 Å². The van der Waals surface area contributed by atoms with Crippen LogP contribution in [-0.4, -0.2) is 52.8 Å². The highest BCUT2D eigenvalue weighted by atomic mass is 127. The van der Waals surface area contributed by atoms with Gasteiger partial charge >= 0.3 is 18.2 Å². The van der Waals surface area contributed by atoms with Crippen molar-refractivity contribution in [2.45, 2.75) is 34.3 Å². The Balaban J connectivity index is 2.02. The average Bonchev–Trinajstić information content (AvgIpc) is 2.58. The molecule has 2 N–H and O–H groups in total. The summed E-state index contributed by atoms with van der Waals surface area (Å²) in [6.45, 7) is 0.00432. The summed E-state index contributed by atoms with van der Waals surface area (Å²) in [5.74, 6) is -3.61. The Kier molecular flexibility index (Phi) is 7.11. The highest BCUT2D eigenvalue weighted by Crippen LogP contribution is 2.31. The number of rotatable bonds is 5. The van der Waals surface area contributed by atoms with Gasteiger partial charge in [0, 0.05) is 13.0 Å². The maximum absolute atomic E-state index is 12.7. The summed E-state index contributed by atoms with van der Waals surface area (Å²) in [5, 5.41) is 8.47. The van der Waals surface area contributed by atoms with Gasteiger partial charge in [0.15, 0.2) is 0 Å². The number of carbonyl (C=O) groups is 2. The van der Waals surface area contributed by atoms with Crippen LogP contribution in [0.5, 0.6) is 5.75 Å². The molecule has 1 saturated heterocycles. The number of aliphatic carboxylic acids is 1. The predicted octanol–water partition coefficient (Wildman–Crippen LogP) is 1.63. The van der Waals surface area contributed by atoms with Crippen LogP contribution in [0.3, 0.4) is 0 Å². The molecule has 0 radical (unpaired) electrons. The van der Waals surface area contributed by atoms with Crippen LogP contribution in [0, 0.1) is 0 Å².